The maximum atomic E-state index is 12.7. The van der Waals surface area contributed by atoms with E-state index in [9.17, 15) is 14.4 Å². The quantitative estimate of drug-likeness (QED) is 0.422. The van der Waals surface area contributed by atoms with Crippen LogP contribution >= 0.6 is 23.2 Å². The summed E-state index contributed by atoms with van der Waals surface area (Å²) < 4.78 is 5.15. The minimum atomic E-state index is -0.666. The maximum Gasteiger partial charge on any atom is 0.308 e. The molecule has 33 heavy (non-hydrogen) atoms. The van der Waals surface area contributed by atoms with Crippen LogP contribution in [0.15, 0.2) is 72.8 Å². The van der Waals surface area contributed by atoms with Crippen LogP contribution < -0.4 is 10.6 Å². The Bertz CT molecular complexity index is 1150. The minimum Gasteiger partial charge on any atom is -0.455 e. The number of esters is 1. The molecule has 3 rings (SSSR count). The number of hydrogen-bond acceptors (Lipinski definition) is 4. The molecular formula is C25H22Cl2N2O4. The summed E-state index contributed by atoms with van der Waals surface area (Å²) in [4.78, 5) is 37.4. The highest BCUT2D eigenvalue weighted by atomic mass is 35.5. The van der Waals surface area contributed by atoms with Crippen molar-refractivity contribution < 1.29 is 19.1 Å². The molecule has 6 nitrogen and oxygen atoms in total. The van der Waals surface area contributed by atoms with E-state index in [0.717, 1.165) is 0 Å². The van der Waals surface area contributed by atoms with Crippen LogP contribution in [-0.2, 0) is 14.3 Å². The second-order valence-corrected chi connectivity index (χ2v) is 8.06. The van der Waals surface area contributed by atoms with E-state index >= 15 is 0 Å². The van der Waals surface area contributed by atoms with Gasteiger partial charge in [0, 0.05) is 10.7 Å². The van der Waals surface area contributed by atoms with Crippen molar-refractivity contribution in [2.75, 3.05) is 11.9 Å². The lowest BCUT2D eigenvalue weighted by molar-refractivity contribution is -0.147. The maximum absolute atomic E-state index is 12.7. The van der Waals surface area contributed by atoms with Crippen LogP contribution in [0.4, 0.5) is 5.69 Å². The molecule has 1 unspecified atom stereocenters. The minimum absolute atomic E-state index is 0.163. The molecule has 3 aromatic carbocycles. The molecule has 1 atom stereocenters. The van der Waals surface area contributed by atoms with Gasteiger partial charge in [-0.2, -0.15) is 0 Å². The molecule has 0 radical (unpaired) electrons. The lowest BCUT2D eigenvalue weighted by atomic mass is 10.0. The number of hydrogen-bond donors (Lipinski definition) is 2. The zero-order valence-electron chi connectivity index (χ0n) is 17.8. The van der Waals surface area contributed by atoms with Crippen molar-refractivity contribution in [3.8, 4) is 0 Å². The molecule has 2 N–H and O–H groups in total. The largest absolute Gasteiger partial charge is 0.455 e. The summed E-state index contributed by atoms with van der Waals surface area (Å²) in [5.74, 6) is -1.55. The van der Waals surface area contributed by atoms with Crippen LogP contribution in [0.5, 0.6) is 0 Å². The van der Waals surface area contributed by atoms with Gasteiger partial charge in [-0.1, -0.05) is 71.7 Å². The average Bonchev–Trinajstić information content (AvgIpc) is 2.81. The van der Waals surface area contributed by atoms with Gasteiger partial charge in [0.25, 0.3) is 11.8 Å². The van der Waals surface area contributed by atoms with Gasteiger partial charge >= 0.3 is 5.97 Å². The Hall–Kier alpha value is -3.35. The summed E-state index contributed by atoms with van der Waals surface area (Å²) in [7, 11) is 0. The number of carbonyl (C=O) groups is 3. The number of anilines is 1. The van der Waals surface area contributed by atoms with Gasteiger partial charge in [0.15, 0.2) is 6.61 Å². The number of halogens is 2. The molecule has 0 aliphatic heterocycles. The predicted octanol–water partition coefficient (Wildman–Crippen LogP) is 5.34. The first-order chi connectivity index (χ1) is 15.8. The molecule has 0 aliphatic rings. The van der Waals surface area contributed by atoms with E-state index in [0.29, 0.717) is 32.4 Å². The van der Waals surface area contributed by atoms with Crippen molar-refractivity contribution in [3.05, 3.63) is 99.5 Å². The van der Waals surface area contributed by atoms with Crippen LogP contribution in [-0.4, -0.2) is 24.4 Å². The van der Waals surface area contributed by atoms with Crippen molar-refractivity contribution in [2.24, 2.45) is 0 Å². The third-order valence-electron chi connectivity index (χ3n) is 4.90. The lowest BCUT2D eigenvalue weighted by Crippen LogP contribution is -2.31. The molecule has 170 valence electrons. The van der Waals surface area contributed by atoms with Crippen LogP contribution in [0.2, 0.25) is 10.0 Å². The second kappa shape index (κ2) is 11.5. The Morgan fingerprint density at radius 1 is 0.879 bits per heavy atom. The molecule has 2 amide bonds. The first kappa shape index (κ1) is 24.3. The van der Waals surface area contributed by atoms with E-state index in [2.05, 4.69) is 10.6 Å². The lowest BCUT2D eigenvalue weighted by Gasteiger charge is -2.19. The Labute approximate surface area is 201 Å². The van der Waals surface area contributed by atoms with E-state index in [-0.39, 0.29) is 6.42 Å². The van der Waals surface area contributed by atoms with Crippen molar-refractivity contribution in [1.82, 2.24) is 5.32 Å². The van der Waals surface area contributed by atoms with E-state index in [1.165, 1.54) is 0 Å². The van der Waals surface area contributed by atoms with Crippen molar-refractivity contribution >= 4 is 46.7 Å². The summed E-state index contributed by atoms with van der Waals surface area (Å²) in [5, 5.41) is 6.31. The Morgan fingerprint density at radius 3 is 2.27 bits per heavy atom. The molecule has 0 spiro atoms. The zero-order chi connectivity index (χ0) is 23.8. The normalized spacial score (nSPS) is 11.4. The Balaban J connectivity index is 1.63. The predicted molar refractivity (Wildman–Crippen MR) is 128 cm³/mol. The second-order valence-electron chi connectivity index (χ2n) is 7.24. The molecule has 0 saturated heterocycles. The van der Waals surface area contributed by atoms with Gasteiger partial charge in [-0.05, 0) is 42.3 Å². The Kier molecular flexibility index (Phi) is 8.46. The molecule has 0 saturated carbocycles. The SMILES string of the molecule is Cc1c(Cl)cccc1NC(=O)COC(=O)CC(NC(=O)c1ccccc1Cl)c1ccccc1. The molecule has 0 aromatic heterocycles. The monoisotopic (exact) mass is 484 g/mol. The van der Waals surface area contributed by atoms with E-state index in [1.54, 1.807) is 73.7 Å². The van der Waals surface area contributed by atoms with Crippen LogP contribution in [0, 0.1) is 6.92 Å². The highest BCUT2D eigenvalue weighted by Gasteiger charge is 2.22. The average molecular weight is 485 g/mol. The molecule has 0 bridgehead atoms. The third-order valence-corrected chi connectivity index (χ3v) is 5.64. The molecule has 0 fully saturated rings. The fraction of sp³-hybridized carbons (Fsp3) is 0.160. The topological polar surface area (TPSA) is 84.5 Å². The molecule has 3 aromatic rings. The van der Waals surface area contributed by atoms with Crippen molar-refractivity contribution in [2.45, 2.75) is 19.4 Å². The summed E-state index contributed by atoms with van der Waals surface area (Å²) in [6.07, 6.45) is -0.163. The summed E-state index contributed by atoms with van der Waals surface area (Å²) >= 11 is 12.2. The van der Waals surface area contributed by atoms with Gasteiger partial charge in [0.1, 0.15) is 0 Å². The van der Waals surface area contributed by atoms with E-state index < -0.39 is 30.4 Å². The van der Waals surface area contributed by atoms with Crippen LogP contribution in [0.25, 0.3) is 0 Å². The number of rotatable bonds is 8. The van der Waals surface area contributed by atoms with Gasteiger partial charge in [-0.25, -0.2) is 0 Å². The van der Waals surface area contributed by atoms with E-state index in [1.807, 2.05) is 6.07 Å². The fourth-order valence-electron chi connectivity index (χ4n) is 3.12. The Morgan fingerprint density at radius 2 is 1.55 bits per heavy atom. The number of ether oxygens (including phenoxy) is 1. The van der Waals surface area contributed by atoms with E-state index in [4.69, 9.17) is 27.9 Å². The van der Waals surface area contributed by atoms with Crippen molar-refractivity contribution in [3.63, 3.8) is 0 Å². The fourth-order valence-corrected chi connectivity index (χ4v) is 3.52. The molecule has 0 heterocycles. The number of nitrogens with one attached hydrogen (secondary N) is 2. The standard InChI is InChI=1S/C25H22Cl2N2O4/c1-16-19(26)12-7-13-21(16)28-23(30)15-33-24(31)14-22(17-8-3-2-4-9-17)29-25(32)18-10-5-6-11-20(18)27/h2-13,22H,14-15H2,1H3,(H,28,30)(H,29,32). The summed E-state index contributed by atoms with van der Waals surface area (Å²) in [6, 6.07) is 20.1. The van der Waals surface area contributed by atoms with Gasteiger partial charge in [-0.15, -0.1) is 0 Å². The molecule has 0 aliphatic carbocycles. The first-order valence-corrected chi connectivity index (χ1v) is 10.9. The van der Waals surface area contributed by atoms with Crippen LogP contribution in [0.1, 0.15) is 33.9 Å². The number of amides is 2. The molecule has 8 heteroatoms. The highest BCUT2D eigenvalue weighted by molar-refractivity contribution is 6.33. The summed E-state index contributed by atoms with van der Waals surface area (Å²) in [5.41, 5.74) is 2.27. The first-order valence-electron chi connectivity index (χ1n) is 10.2. The van der Waals surface area contributed by atoms with Crippen molar-refractivity contribution in [1.29, 1.82) is 0 Å². The third kappa shape index (κ3) is 6.81. The van der Waals surface area contributed by atoms with Crippen LogP contribution in [0.3, 0.4) is 0 Å². The molecular weight excluding hydrogens is 463 g/mol. The highest BCUT2D eigenvalue weighted by Crippen LogP contribution is 2.23. The van der Waals surface area contributed by atoms with Gasteiger partial charge in [0.05, 0.1) is 23.0 Å². The summed E-state index contributed by atoms with van der Waals surface area (Å²) in [6.45, 7) is 1.31. The van der Waals surface area contributed by atoms with Gasteiger partial charge < -0.3 is 15.4 Å². The van der Waals surface area contributed by atoms with Gasteiger partial charge in [-0.3, -0.25) is 14.4 Å². The zero-order valence-corrected chi connectivity index (χ0v) is 19.3. The number of benzene rings is 3. The number of carbonyl (C=O) groups excluding carboxylic acids is 3. The smallest absolute Gasteiger partial charge is 0.308 e. The van der Waals surface area contributed by atoms with Gasteiger partial charge in [0.2, 0.25) is 0 Å².